The molecule has 28 heavy (non-hydrogen) atoms. The van der Waals surface area contributed by atoms with Gasteiger partial charge in [0.2, 0.25) is 0 Å². The molecule has 7 heteroatoms. The van der Waals surface area contributed by atoms with Crippen molar-refractivity contribution in [3.8, 4) is 0 Å². The number of methoxy groups -OCH3 is 2. The number of para-hydroxylation sites is 1. The summed E-state index contributed by atoms with van der Waals surface area (Å²) in [6.07, 6.45) is -0.124. The van der Waals surface area contributed by atoms with E-state index >= 15 is 0 Å². The molecule has 6 nitrogen and oxygen atoms in total. The summed E-state index contributed by atoms with van der Waals surface area (Å²) in [7, 11) is 2.62. The summed E-state index contributed by atoms with van der Waals surface area (Å²) in [5, 5.41) is 3.60. The van der Waals surface area contributed by atoms with Crippen LogP contribution in [0, 0.1) is 0 Å². The van der Waals surface area contributed by atoms with Gasteiger partial charge in [-0.1, -0.05) is 48.5 Å². The summed E-state index contributed by atoms with van der Waals surface area (Å²) < 4.78 is 9.91. The van der Waals surface area contributed by atoms with Gasteiger partial charge in [-0.3, -0.25) is 9.69 Å². The van der Waals surface area contributed by atoms with Gasteiger partial charge in [0.25, 0.3) is 0 Å². The highest BCUT2D eigenvalue weighted by molar-refractivity contribution is 7.80. The fraction of sp³-hybridized carbons (Fsp3) is 0.190. The van der Waals surface area contributed by atoms with Gasteiger partial charge >= 0.3 is 11.9 Å². The van der Waals surface area contributed by atoms with Crippen molar-refractivity contribution in [2.45, 2.75) is 12.5 Å². The zero-order chi connectivity index (χ0) is 20.1. The fourth-order valence-corrected chi connectivity index (χ4v) is 3.48. The zero-order valence-corrected chi connectivity index (χ0v) is 16.4. The number of carbonyl (C=O) groups is 2. The molecule has 0 radical (unpaired) electrons. The first-order valence-electron chi connectivity index (χ1n) is 8.65. The van der Waals surface area contributed by atoms with Crippen LogP contribution in [-0.2, 0) is 19.1 Å². The highest BCUT2D eigenvalue weighted by Gasteiger charge is 2.37. The third-order valence-corrected chi connectivity index (χ3v) is 4.73. The Balaban J connectivity index is 2.23. The molecular weight excluding hydrogens is 376 g/mol. The molecule has 0 saturated heterocycles. The van der Waals surface area contributed by atoms with Crippen molar-refractivity contribution in [1.82, 2.24) is 5.32 Å². The Kier molecular flexibility index (Phi) is 6.06. The summed E-state index contributed by atoms with van der Waals surface area (Å²) in [6.45, 7) is 0. The number of ether oxygens (including phenoxy) is 2. The average Bonchev–Trinajstić information content (AvgIpc) is 2.74. The summed E-state index contributed by atoms with van der Waals surface area (Å²) in [5.41, 5.74) is 2.31. The molecule has 0 amide bonds. The molecule has 0 spiro atoms. The van der Waals surface area contributed by atoms with Crippen molar-refractivity contribution in [1.29, 1.82) is 0 Å². The van der Waals surface area contributed by atoms with Crippen molar-refractivity contribution >= 4 is 35.0 Å². The molecule has 144 valence electrons. The lowest BCUT2D eigenvalue weighted by molar-refractivity contribution is -0.139. The van der Waals surface area contributed by atoms with Gasteiger partial charge < -0.3 is 14.8 Å². The Morgan fingerprint density at radius 3 is 2.18 bits per heavy atom. The van der Waals surface area contributed by atoms with E-state index in [0.29, 0.717) is 16.4 Å². The van der Waals surface area contributed by atoms with Gasteiger partial charge in [0, 0.05) is 11.4 Å². The number of benzene rings is 2. The molecule has 0 fully saturated rings. The minimum Gasteiger partial charge on any atom is -0.469 e. The van der Waals surface area contributed by atoms with Gasteiger partial charge in [-0.25, -0.2) is 4.79 Å². The number of hydrogen-bond donors (Lipinski definition) is 1. The van der Waals surface area contributed by atoms with Gasteiger partial charge in [0.1, 0.15) is 0 Å². The second-order valence-electron chi connectivity index (χ2n) is 6.07. The molecule has 1 heterocycles. The van der Waals surface area contributed by atoms with Crippen molar-refractivity contribution in [3.05, 3.63) is 77.5 Å². The topological polar surface area (TPSA) is 67.9 Å². The Hall–Kier alpha value is -3.19. The van der Waals surface area contributed by atoms with Crippen LogP contribution in [-0.4, -0.2) is 31.3 Å². The smallest absolute Gasteiger partial charge is 0.338 e. The lowest BCUT2D eigenvalue weighted by Crippen LogP contribution is -2.49. The summed E-state index contributed by atoms with van der Waals surface area (Å²) in [5.74, 6) is -1.02. The molecule has 0 bridgehead atoms. The van der Waals surface area contributed by atoms with E-state index in [1.54, 1.807) is 4.90 Å². The van der Waals surface area contributed by atoms with Crippen molar-refractivity contribution < 1.29 is 19.1 Å². The van der Waals surface area contributed by atoms with Crippen LogP contribution in [0.2, 0.25) is 0 Å². The van der Waals surface area contributed by atoms with E-state index < -0.39 is 18.0 Å². The van der Waals surface area contributed by atoms with E-state index in [1.165, 1.54) is 14.2 Å². The number of anilines is 1. The SMILES string of the molecule is COC(=O)CC1=C(C(=O)OC)C(c2ccccc2)NC(=S)N1c1ccccc1. The number of nitrogens with zero attached hydrogens (tertiary/aromatic N) is 1. The van der Waals surface area contributed by atoms with Crippen LogP contribution in [0.1, 0.15) is 18.0 Å². The molecule has 0 aromatic heterocycles. The first kappa shape index (κ1) is 19.6. The maximum Gasteiger partial charge on any atom is 0.338 e. The molecule has 1 atom stereocenters. The van der Waals surface area contributed by atoms with Crippen LogP contribution in [0.15, 0.2) is 71.9 Å². The number of rotatable bonds is 5. The van der Waals surface area contributed by atoms with Crippen LogP contribution < -0.4 is 10.2 Å². The number of esters is 2. The highest BCUT2D eigenvalue weighted by atomic mass is 32.1. The maximum absolute atomic E-state index is 12.8. The average molecular weight is 396 g/mol. The second-order valence-corrected chi connectivity index (χ2v) is 6.46. The standard InChI is InChI=1S/C21H20N2O4S/c1-26-17(24)13-16-18(20(25)27-2)19(14-9-5-3-6-10-14)22-21(28)23(16)15-11-7-4-8-12-15/h3-12,19H,13H2,1-2H3,(H,22,28). The van der Waals surface area contributed by atoms with Crippen LogP contribution >= 0.6 is 12.2 Å². The molecule has 3 rings (SSSR count). The number of carbonyl (C=O) groups excluding carboxylic acids is 2. The summed E-state index contributed by atoms with van der Waals surface area (Å²) >= 11 is 5.60. The molecule has 1 aliphatic rings. The summed E-state index contributed by atoms with van der Waals surface area (Å²) in [6, 6.07) is 18.2. The quantitative estimate of drug-likeness (QED) is 0.615. The first-order valence-corrected chi connectivity index (χ1v) is 9.06. The van der Waals surface area contributed by atoms with Gasteiger partial charge in [-0.15, -0.1) is 0 Å². The Labute approximate surface area is 168 Å². The first-order chi connectivity index (χ1) is 13.6. The van der Waals surface area contributed by atoms with E-state index in [9.17, 15) is 9.59 Å². The minimum atomic E-state index is -0.541. The van der Waals surface area contributed by atoms with E-state index in [1.807, 2.05) is 60.7 Å². The predicted octanol–water partition coefficient (Wildman–Crippen LogP) is 3.11. The van der Waals surface area contributed by atoms with Gasteiger partial charge in [0.05, 0.1) is 32.3 Å². The van der Waals surface area contributed by atoms with E-state index in [4.69, 9.17) is 21.7 Å². The molecule has 1 aliphatic heterocycles. The molecule has 1 N–H and O–H groups in total. The Bertz CT molecular complexity index is 913. The molecule has 0 aliphatic carbocycles. The van der Waals surface area contributed by atoms with Crippen molar-refractivity contribution in [2.75, 3.05) is 19.1 Å². The van der Waals surface area contributed by atoms with Crippen LogP contribution in [0.4, 0.5) is 5.69 Å². The fourth-order valence-electron chi connectivity index (χ4n) is 3.14. The number of nitrogens with one attached hydrogen (secondary N) is 1. The Morgan fingerprint density at radius 1 is 1.00 bits per heavy atom. The molecule has 2 aromatic rings. The number of hydrogen-bond acceptors (Lipinski definition) is 5. The van der Waals surface area contributed by atoms with Crippen LogP contribution in [0.5, 0.6) is 0 Å². The monoisotopic (exact) mass is 396 g/mol. The van der Waals surface area contributed by atoms with E-state index in [2.05, 4.69) is 5.32 Å². The van der Waals surface area contributed by atoms with Crippen LogP contribution in [0.3, 0.4) is 0 Å². The third kappa shape index (κ3) is 3.89. The van der Waals surface area contributed by atoms with Gasteiger partial charge in [0.15, 0.2) is 5.11 Å². The zero-order valence-electron chi connectivity index (χ0n) is 15.5. The lowest BCUT2D eigenvalue weighted by Gasteiger charge is -2.38. The lowest BCUT2D eigenvalue weighted by atomic mass is 9.93. The normalized spacial score (nSPS) is 16.4. The van der Waals surface area contributed by atoms with Crippen LogP contribution in [0.25, 0.3) is 0 Å². The van der Waals surface area contributed by atoms with Gasteiger partial charge in [-0.2, -0.15) is 0 Å². The highest BCUT2D eigenvalue weighted by Crippen LogP contribution is 2.35. The van der Waals surface area contributed by atoms with E-state index in [-0.39, 0.29) is 6.42 Å². The van der Waals surface area contributed by atoms with Crippen molar-refractivity contribution in [2.24, 2.45) is 0 Å². The summed E-state index contributed by atoms with van der Waals surface area (Å²) in [4.78, 5) is 26.6. The molecule has 0 saturated carbocycles. The maximum atomic E-state index is 12.8. The second kappa shape index (κ2) is 8.67. The Morgan fingerprint density at radius 2 is 1.61 bits per heavy atom. The molecular formula is C21H20N2O4S. The minimum absolute atomic E-state index is 0.124. The predicted molar refractivity (Wildman–Crippen MR) is 110 cm³/mol. The third-order valence-electron chi connectivity index (χ3n) is 4.43. The molecule has 2 aromatic carbocycles. The van der Waals surface area contributed by atoms with E-state index in [0.717, 1.165) is 11.3 Å². The number of thiocarbonyl (C=S) groups is 1. The van der Waals surface area contributed by atoms with Gasteiger partial charge in [-0.05, 0) is 29.9 Å². The van der Waals surface area contributed by atoms with Crippen molar-refractivity contribution in [3.63, 3.8) is 0 Å². The molecule has 1 unspecified atom stereocenters. The largest absolute Gasteiger partial charge is 0.469 e.